The predicted octanol–water partition coefficient (Wildman–Crippen LogP) is 23.3. The number of rotatable bonds is 11. The SMILES string of the molecule is CC(C)(C)c1cc(-c2cccc3cccc(-c4ccccc4N(c4ccc(-c5ccc(-c6ccccc6)c(-c6ccccc6)c5)cc4)c4ccc(-c5ccc6c(c5)C(c5ccccc5)(c5ccccc5)c5ccccc5-6)cc4)c23)cc(C(C)(C)C)c1. The van der Waals surface area contributed by atoms with Gasteiger partial charge in [0.05, 0.1) is 11.1 Å². The average Bonchev–Trinajstić information content (AvgIpc) is 1.61. The molecule has 0 aromatic heterocycles. The van der Waals surface area contributed by atoms with Gasteiger partial charge in [-0.1, -0.05) is 308 Å². The van der Waals surface area contributed by atoms with Crippen molar-refractivity contribution in [3.8, 4) is 77.9 Å². The molecule has 0 atom stereocenters. The quantitative estimate of drug-likeness (QED) is 0.125. The molecule has 0 radical (unpaired) electrons. The second kappa shape index (κ2) is 21.8. The first-order valence-corrected chi connectivity index (χ1v) is 30.3. The zero-order chi connectivity index (χ0) is 58.6. The highest BCUT2D eigenvalue weighted by atomic mass is 15.1. The summed E-state index contributed by atoms with van der Waals surface area (Å²) in [6.07, 6.45) is 0. The van der Waals surface area contributed by atoms with Gasteiger partial charge in [0.15, 0.2) is 0 Å². The molecule has 0 saturated carbocycles. The van der Waals surface area contributed by atoms with Crippen LogP contribution in [0, 0.1) is 0 Å². The Morgan fingerprint density at radius 1 is 0.256 bits per heavy atom. The third-order valence-electron chi connectivity index (χ3n) is 17.9. The maximum Gasteiger partial charge on any atom is 0.0713 e. The fourth-order valence-electron chi connectivity index (χ4n) is 13.5. The Morgan fingerprint density at radius 2 is 0.686 bits per heavy atom. The fourth-order valence-corrected chi connectivity index (χ4v) is 13.5. The van der Waals surface area contributed by atoms with Gasteiger partial charge in [-0.3, -0.25) is 0 Å². The normalized spacial score (nSPS) is 12.6. The van der Waals surface area contributed by atoms with Gasteiger partial charge in [0.25, 0.3) is 0 Å². The number of hydrogen-bond donors (Lipinski definition) is 0. The standard InChI is InChI=1S/C85H69N/c1-83(2,3)68-53-65(54-69(57-68)84(4,5)6)73-37-23-29-62-30-24-38-77(82(62)73)76-36-20-22-40-81(76)86(70-47-41-58(42-48-70)63-45-51-72(60-25-11-7-12-26-60)78(55-63)61-27-13-8-14-28-61)71-49-43-59(44-50-71)64-46-52-75-74-35-19-21-39-79(74)85(80(75)56-64,66-31-15-9-16-32-66)67-33-17-10-18-34-67/h7-57H,1-6H3. The van der Waals surface area contributed by atoms with E-state index >= 15 is 0 Å². The van der Waals surface area contributed by atoms with Crippen LogP contribution in [-0.2, 0) is 16.2 Å². The molecule has 13 aromatic rings. The van der Waals surface area contributed by atoms with Crippen LogP contribution >= 0.6 is 0 Å². The molecule has 0 amide bonds. The van der Waals surface area contributed by atoms with E-state index in [1.807, 2.05) is 0 Å². The summed E-state index contributed by atoms with van der Waals surface area (Å²) in [6.45, 7) is 14.0. The van der Waals surface area contributed by atoms with Crippen LogP contribution in [-0.4, -0.2) is 0 Å². The number of para-hydroxylation sites is 1. The van der Waals surface area contributed by atoms with E-state index in [2.05, 4.69) is 356 Å². The maximum absolute atomic E-state index is 2.46. The Kier molecular flexibility index (Phi) is 13.7. The lowest BCUT2D eigenvalue weighted by Gasteiger charge is -2.34. The molecule has 0 spiro atoms. The second-order valence-electron chi connectivity index (χ2n) is 25.2. The van der Waals surface area contributed by atoms with Crippen LogP contribution in [0.1, 0.15) is 74.9 Å². The van der Waals surface area contributed by atoms with Crippen LogP contribution in [0.25, 0.3) is 88.7 Å². The lowest BCUT2D eigenvalue weighted by molar-refractivity contribution is 0.569. The van der Waals surface area contributed by atoms with E-state index < -0.39 is 5.41 Å². The summed E-state index contributed by atoms with van der Waals surface area (Å²) in [5, 5.41) is 2.45. The summed E-state index contributed by atoms with van der Waals surface area (Å²) in [5.74, 6) is 0. The van der Waals surface area contributed by atoms with Crippen LogP contribution in [0.2, 0.25) is 0 Å². The first kappa shape index (κ1) is 53.9. The molecule has 0 saturated heterocycles. The summed E-state index contributed by atoms with van der Waals surface area (Å²) in [7, 11) is 0. The third-order valence-corrected chi connectivity index (χ3v) is 17.9. The monoisotopic (exact) mass is 1100 g/mol. The van der Waals surface area contributed by atoms with Crippen LogP contribution in [0.4, 0.5) is 17.1 Å². The van der Waals surface area contributed by atoms with E-state index in [9.17, 15) is 0 Å². The van der Waals surface area contributed by atoms with Crippen molar-refractivity contribution in [3.63, 3.8) is 0 Å². The Labute approximate surface area is 508 Å². The molecule has 0 fully saturated rings. The number of benzene rings is 13. The molecule has 1 heteroatoms. The average molecular weight is 1100 g/mol. The van der Waals surface area contributed by atoms with Crippen molar-refractivity contribution in [2.45, 2.75) is 57.8 Å². The van der Waals surface area contributed by atoms with Gasteiger partial charge in [-0.15, -0.1) is 0 Å². The molecular weight excluding hydrogens is 1030 g/mol. The Bertz CT molecular complexity index is 4520. The Balaban J connectivity index is 0.927. The third kappa shape index (κ3) is 9.64. The predicted molar refractivity (Wildman–Crippen MR) is 366 cm³/mol. The first-order chi connectivity index (χ1) is 41.9. The summed E-state index contributed by atoms with van der Waals surface area (Å²) < 4.78 is 0. The minimum atomic E-state index is -0.490. The highest BCUT2D eigenvalue weighted by Gasteiger charge is 2.46. The van der Waals surface area contributed by atoms with Crippen molar-refractivity contribution in [1.82, 2.24) is 0 Å². The van der Waals surface area contributed by atoms with Gasteiger partial charge < -0.3 is 4.90 Å². The van der Waals surface area contributed by atoms with Crippen molar-refractivity contribution < 1.29 is 0 Å². The molecule has 13 aromatic carbocycles. The van der Waals surface area contributed by atoms with E-state index in [0.29, 0.717) is 0 Å². The fraction of sp³-hybridized carbons (Fsp3) is 0.106. The molecule has 0 N–H and O–H groups in total. The number of anilines is 3. The highest BCUT2D eigenvalue weighted by molar-refractivity contribution is 6.09. The van der Waals surface area contributed by atoms with Crippen molar-refractivity contribution >= 4 is 27.8 Å². The van der Waals surface area contributed by atoms with E-state index in [-0.39, 0.29) is 10.8 Å². The van der Waals surface area contributed by atoms with Gasteiger partial charge in [0.2, 0.25) is 0 Å². The van der Waals surface area contributed by atoms with Gasteiger partial charge >= 0.3 is 0 Å². The summed E-state index contributed by atoms with van der Waals surface area (Å²) in [6, 6.07) is 115. The van der Waals surface area contributed by atoms with E-state index in [4.69, 9.17) is 0 Å². The molecule has 1 aliphatic rings. The summed E-state index contributed by atoms with van der Waals surface area (Å²) in [4.78, 5) is 2.46. The minimum absolute atomic E-state index is 0.0290. The van der Waals surface area contributed by atoms with Gasteiger partial charge in [-0.05, 0) is 170 Å². The molecule has 14 rings (SSSR count). The number of nitrogens with zero attached hydrogens (tertiary/aromatic N) is 1. The molecule has 0 bridgehead atoms. The van der Waals surface area contributed by atoms with Gasteiger partial charge in [0, 0.05) is 16.9 Å². The molecular formula is C85H69N. The Morgan fingerprint density at radius 3 is 1.24 bits per heavy atom. The highest BCUT2D eigenvalue weighted by Crippen LogP contribution is 2.57. The first-order valence-electron chi connectivity index (χ1n) is 30.3. The van der Waals surface area contributed by atoms with Crippen LogP contribution in [0.5, 0.6) is 0 Å². The van der Waals surface area contributed by atoms with E-state index in [1.54, 1.807) is 0 Å². The molecule has 0 unspecified atom stereocenters. The van der Waals surface area contributed by atoms with Crippen LogP contribution in [0.3, 0.4) is 0 Å². The van der Waals surface area contributed by atoms with E-state index in [0.717, 1.165) is 33.8 Å². The summed E-state index contributed by atoms with van der Waals surface area (Å²) >= 11 is 0. The largest absolute Gasteiger partial charge is 0.310 e. The zero-order valence-corrected chi connectivity index (χ0v) is 49.9. The molecule has 1 nitrogen and oxygen atoms in total. The van der Waals surface area contributed by atoms with E-state index in [1.165, 1.54) is 105 Å². The van der Waals surface area contributed by atoms with Crippen molar-refractivity contribution in [2.75, 3.05) is 4.90 Å². The molecule has 86 heavy (non-hydrogen) atoms. The van der Waals surface area contributed by atoms with Gasteiger partial charge in [-0.2, -0.15) is 0 Å². The topological polar surface area (TPSA) is 3.24 Å². The van der Waals surface area contributed by atoms with Gasteiger partial charge in [-0.25, -0.2) is 0 Å². The van der Waals surface area contributed by atoms with Crippen molar-refractivity contribution in [3.05, 3.63) is 343 Å². The number of hydrogen-bond acceptors (Lipinski definition) is 1. The Hall–Kier alpha value is -10.1. The second-order valence-corrected chi connectivity index (χ2v) is 25.2. The smallest absolute Gasteiger partial charge is 0.0713 e. The van der Waals surface area contributed by atoms with Crippen molar-refractivity contribution in [2.24, 2.45) is 0 Å². The lowest BCUT2D eigenvalue weighted by Crippen LogP contribution is -2.28. The number of fused-ring (bicyclic) bond motifs is 4. The lowest BCUT2D eigenvalue weighted by atomic mass is 9.67. The minimum Gasteiger partial charge on any atom is -0.310 e. The molecule has 0 aliphatic heterocycles. The maximum atomic E-state index is 2.46. The van der Waals surface area contributed by atoms with Crippen LogP contribution in [0.15, 0.2) is 309 Å². The zero-order valence-electron chi connectivity index (χ0n) is 49.9. The molecule has 1 aliphatic carbocycles. The van der Waals surface area contributed by atoms with Crippen LogP contribution < -0.4 is 4.90 Å². The van der Waals surface area contributed by atoms with Crippen molar-refractivity contribution in [1.29, 1.82) is 0 Å². The van der Waals surface area contributed by atoms with Gasteiger partial charge in [0.1, 0.15) is 0 Å². The summed E-state index contributed by atoms with van der Waals surface area (Å²) in [5.41, 5.74) is 27.4. The molecule has 0 heterocycles. The molecule has 414 valence electrons.